The van der Waals surface area contributed by atoms with Crippen LogP contribution in [0.5, 0.6) is 0 Å². The fourth-order valence-electron chi connectivity index (χ4n) is 3.77. The molecule has 0 bridgehead atoms. The van der Waals surface area contributed by atoms with Crippen LogP contribution >= 0.6 is 0 Å². The SMILES string of the molecule is O=C(O)C(F)(F)F.O=C(O)C(F)(F)F.O=C(c1ccno1)N1CCC2OCCN(Cc3cccnc3)C2CC1. The molecule has 4 heterocycles. The second-order valence-electron chi connectivity index (χ2n) is 8.16. The summed E-state index contributed by atoms with van der Waals surface area (Å²) in [4.78, 5) is 38.8. The normalized spacial score (nSPS) is 19.8. The van der Waals surface area contributed by atoms with E-state index < -0.39 is 24.3 Å². The highest BCUT2D eigenvalue weighted by molar-refractivity contribution is 5.91. The van der Waals surface area contributed by atoms with Gasteiger partial charge in [0.1, 0.15) is 0 Å². The van der Waals surface area contributed by atoms with E-state index in [1.807, 2.05) is 17.2 Å². The van der Waals surface area contributed by atoms with Gasteiger partial charge in [-0.2, -0.15) is 26.3 Å². The first-order valence-electron chi connectivity index (χ1n) is 11.2. The number of carboxylic acids is 2. The van der Waals surface area contributed by atoms with E-state index in [0.717, 1.165) is 32.5 Å². The monoisotopic (exact) mass is 570 g/mol. The molecule has 11 nitrogen and oxygen atoms in total. The minimum Gasteiger partial charge on any atom is -0.475 e. The lowest BCUT2D eigenvalue weighted by Crippen LogP contribution is -2.50. The number of morpholine rings is 1. The van der Waals surface area contributed by atoms with E-state index in [-0.39, 0.29) is 12.0 Å². The Bertz CT molecular complexity index is 1040. The summed E-state index contributed by atoms with van der Waals surface area (Å²) in [7, 11) is 0. The van der Waals surface area contributed by atoms with Crippen LogP contribution in [-0.2, 0) is 20.9 Å². The second kappa shape index (κ2) is 13.9. The van der Waals surface area contributed by atoms with E-state index in [9.17, 15) is 31.1 Å². The molecule has 0 spiro atoms. The summed E-state index contributed by atoms with van der Waals surface area (Å²) in [5, 5.41) is 17.9. The Kier molecular flexibility index (Phi) is 11.2. The van der Waals surface area contributed by atoms with Crippen molar-refractivity contribution in [2.24, 2.45) is 0 Å². The van der Waals surface area contributed by atoms with Crippen molar-refractivity contribution in [3.8, 4) is 0 Å². The van der Waals surface area contributed by atoms with E-state index in [2.05, 4.69) is 21.1 Å². The lowest BCUT2D eigenvalue weighted by Gasteiger charge is -2.40. The van der Waals surface area contributed by atoms with Crippen molar-refractivity contribution in [2.75, 3.05) is 26.2 Å². The third-order valence-corrected chi connectivity index (χ3v) is 5.52. The van der Waals surface area contributed by atoms with Crippen molar-refractivity contribution in [3.63, 3.8) is 0 Å². The number of aromatic nitrogens is 2. The molecule has 2 saturated heterocycles. The van der Waals surface area contributed by atoms with Crippen molar-refractivity contribution in [2.45, 2.75) is 43.9 Å². The van der Waals surface area contributed by atoms with Crippen molar-refractivity contribution >= 4 is 17.8 Å². The number of rotatable bonds is 3. The number of amides is 1. The zero-order chi connectivity index (χ0) is 29.2. The molecule has 2 N–H and O–H groups in total. The smallest absolute Gasteiger partial charge is 0.475 e. The number of carbonyl (C=O) groups excluding carboxylic acids is 1. The fraction of sp³-hybridized carbons (Fsp3) is 0.500. The first-order valence-corrected chi connectivity index (χ1v) is 11.2. The standard InChI is InChI=1S/C18H22N4O3.2C2HF3O2/c23-18(17-3-7-20-25-17)21-8-4-15-16(5-9-21)24-11-10-22(15)13-14-2-1-6-19-12-14;2*3-2(4,5)1(6)7/h1-3,6-7,12,15-16H,4-5,8-11,13H2;2*(H,6,7). The fourth-order valence-corrected chi connectivity index (χ4v) is 3.77. The van der Waals surface area contributed by atoms with Gasteiger partial charge in [-0.25, -0.2) is 9.59 Å². The van der Waals surface area contributed by atoms with Gasteiger partial charge in [0.25, 0.3) is 5.91 Å². The van der Waals surface area contributed by atoms with E-state index in [1.165, 1.54) is 11.8 Å². The highest BCUT2D eigenvalue weighted by atomic mass is 19.4. The lowest BCUT2D eigenvalue weighted by atomic mass is 10.0. The summed E-state index contributed by atoms with van der Waals surface area (Å²) in [6, 6.07) is 6.01. The maximum absolute atomic E-state index is 12.5. The van der Waals surface area contributed by atoms with Crippen LogP contribution in [0.2, 0.25) is 0 Å². The second-order valence-corrected chi connectivity index (χ2v) is 8.16. The topological polar surface area (TPSA) is 146 Å². The molecule has 2 aliphatic rings. The quantitative estimate of drug-likeness (QED) is 0.528. The molecule has 0 aromatic carbocycles. The molecule has 0 saturated carbocycles. The molecule has 2 aromatic rings. The van der Waals surface area contributed by atoms with Gasteiger partial charge in [-0.1, -0.05) is 11.2 Å². The molecule has 2 aromatic heterocycles. The number of carboxylic acid groups (broad SMARTS) is 2. The molecule has 39 heavy (non-hydrogen) atoms. The van der Waals surface area contributed by atoms with Gasteiger partial charge in [-0.05, 0) is 24.5 Å². The van der Waals surface area contributed by atoms with Crippen molar-refractivity contribution < 1.29 is 60.2 Å². The summed E-state index contributed by atoms with van der Waals surface area (Å²) >= 11 is 0. The van der Waals surface area contributed by atoms with Gasteiger partial charge in [0.2, 0.25) is 5.76 Å². The minimum absolute atomic E-state index is 0.0880. The van der Waals surface area contributed by atoms with Gasteiger partial charge in [0, 0.05) is 50.7 Å². The van der Waals surface area contributed by atoms with Crippen LogP contribution in [0.25, 0.3) is 0 Å². The van der Waals surface area contributed by atoms with E-state index in [1.54, 1.807) is 12.3 Å². The first kappa shape index (κ1) is 31.5. The zero-order valence-corrected chi connectivity index (χ0v) is 20.1. The number of fused-ring (bicyclic) bond motifs is 1. The van der Waals surface area contributed by atoms with Crippen LogP contribution in [0.4, 0.5) is 26.3 Å². The van der Waals surface area contributed by atoms with Crippen LogP contribution in [0.3, 0.4) is 0 Å². The number of halogens is 6. The summed E-state index contributed by atoms with van der Waals surface area (Å²) < 4.78 is 74.5. The average molecular weight is 570 g/mol. The molecule has 0 radical (unpaired) electrons. The van der Waals surface area contributed by atoms with Crippen molar-refractivity contribution in [3.05, 3.63) is 48.1 Å². The molecule has 216 valence electrons. The number of carbonyl (C=O) groups is 3. The maximum Gasteiger partial charge on any atom is 0.490 e. The van der Waals surface area contributed by atoms with E-state index in [4.69, 9.17) is 29.1 Å². The highest BCUT2D eigenvalue weighted by Gasteiger charge is 2.39. The Balaban J connectivity index is 0.000000317. The van der Waals surface area contributed by atoms with Gasteiger partial charge >= 0.3 is 24.3 Å². The van der Waals surface area contributed by atoms with Crippen LogP contribution in [-0.4, -0.2) is 98.7 Å². The van der Waals surface area contributed by atoms with Crippen LogP contribution < -0.4 is 0 Å². The predicted molar refractivity (Wildman–Crippen MR) is 117 cm³/mol. The lowest BCUT2D eigenvalue weighted by molar-refractivity contribution is -0.193. The van der Waals surface area contributed by atoms with Gasteiger partial charge in [-0.15, -0.1) is 0 Å². The molecule has 2 fully saturated rings. The van der Waals surface area contributed by atoms with Gasteiger partial charge < -0.3 is 24.4 Å². The van der Waals surface area contributed by atoms with Crippen molar-refractivity contribution in [1.29, 1.82) is 0 Å². The molecule has 0 aliphatic carbocycles. The number of likely N-dealkylation sites (tertiary alicyclic amines) is 1. The Morgan fingerprint density at radius 1 is 0.949 bits per heavy atom. The largest absolute Gasteiger partial charge is 0.490 e. The number of aliphatic carboxylic acids is 2. The predicted octanol–water partition coefficient (Wildman–Crippen LogP) is 2.84. The number of pyridine rings is 1. The van der Waals surface area contributed by atoms with E-state index in [0.29, 0.717) is 24.9 Å². The summed E-state index contributed by atoms with van der Waals surface area (Å²) in [6.07, 6.45) is -3.05. The molecule has 2 aliphatic heterocycles. The average Bonchev–Trinajstić information content (AvgIpc) is 3.31. The number of hydrogen-bond acceptors (Lipinski definition) is 8. The number of nitrogens with zero attached hydrogens (tertiary/aromatic N) is 4. The molecule has 4 rings (SSSR count). The summed E-state index contributed by atoms with van der Waals surface area (Å²) in [6.45, 7) is 3.90. The Morgan fingerprint density at radius 2 is 1.56 bits per heavy atom. The molecular formula is C22H24F6N4O7. The Hall–Kier alpha value is -3.73. The molecule has 2 atom stereocenters. The van der Waals surface area contributed by atoms with Crippen LogP contribution in [0, 0.1) is 0 Å². The van der Waals surface area contributed by atoms with Crippen LogP contribution in [0.1, 0.15) is 29.0 Å². The number of alkyl halides is 6. The van der Waals surface area contributed by atoms with Gasteiger partial charge in [0.15, 0.2) is 0 Å². The van der Waals surface area contributed by atoms with Crippen LogP contribution in [0.15, 0.2) is 41.3 Å². The maximum atomic E-state index is 12.5. The summed E-state index contributed by atoms with van der Waals surface area (Å²) in [5.74, 6) is -5.30. The number of ether oxygens (including phenoxy) is 1. The Morgan fingerprint density at radius 3 is 2.08 bits per heavy atom. The first-order chi connectivity index (χ1) is 18.2. The Labute approximate surface area is 216 Å². The third-order valence-electron chi connectivity index (χ3n) is 5.52. The zero-order valence-electron chi connectivity index (χ0n) is 20.1. The third kappa shape index (κ3) is 10.2. The van der Waals surface area contributed by atoms with Crippen molar-refractivity contribution in [1.82, 2.24) is 19.9 Å². The van der Waals surface area contributed by atoms with Gasteiger partial charge in [-0.3, -0.25) is 14.7 Å². The molecule has 2 unspecified atom stereocenters. The summed E-state index contributed by atoms with van der Waals surface area (Å²) in [5.41, 5.74) is 1.21. The minimum atomic E-state index is -5.08. The van der Waals surface area contributed by atoms with E-state index >= 15 is 0 Å². The molecule has 1 amide bonds. The highest BCUT2D eigenvalue weighted by Crippen LogP contribution is 2.26. The number of hydrogen-bond donors (Lipinski definition) is 2. The molecule has 17 heteroatoms. The molecular weight excluding hydrogens is 546 g/mol. The van der Waals surface area contributed by atoms with Gasteiger partial charge in [0.05, 0.1) is 18.9 Å².